The van der Waals surface area contributed by atoms with E-state index in [1.165, 1.54) is 0 Å². The lowest BCUT2D eigenvalue weighted by atomic mass is 10.1. The number of hydrogen-bond donors (Lipinski definition) is 1. The van der Waals surface area contributed by atoms with E-state index in [1.54, 1.807) is 24.5 Å². The van der Waals surface area contributed by atoms with Gasteiger partial charge in [-0.3, -0.25) is 9.78 Å². The first-order chi connectivity index (χ1) is 9.34. The van der Waals surface area contributed by atoms with E-state index in [0.29, 0.717) is 5.56 Å². The number of benzene rings is 2. The molecule has 1 amide bonds. The minimum atomic E-state index is -0.149. The molecular formula is C16H12N2O. The molecule has 0 spiro atoms. The summed E-state index contributed by atoms with van der Waals surface area (Å²) in [6.07, 6.45) is 3.20. The maximum atomic E-state index is 12.1. The van der Waals surface area contributed by atoms with Gasteiger partial charge < -0.3 is 5.32 Å². The Kier molecular flexibility index (Phi) is 2.94. The number of pyridine rings is 1. The summed E-state index contributed by atoms with van der Waals surface area (Å²) in [5.41, 5.74) is 1.36. The van der Waals surface area contributed by atoms with Crippen molar-refractivity contribution in [3.05, 3.63) is 72.6 Å². The second-order valence-corrected chi connectivity index (χ2v) is 4.22. The molecule has 0 radical (unpaired) electrons. The second kappa shape index (κ2) is 4.90. The maximum Gasteiger partial charge on any atom is 0.257 e. The van der Waals surface area contributed by atoms with Crippen LogP contribution in [0.25, 0.3) is 10.8 Å². The molecule has 0 unspecified atom stereocenters. The second-order valence-electron chi connectivity index (χ2n) is 4.22. The van der Waals surface area contributed by atoms with Gasteiger partial charge in [0.1, 0.15) is 0 Å². The van der Waals surface area contributed by atoms with Crippen molar-refractivity contribution in [2.24, 2.45) is 0 Å². The first kappa shape index (κ1) is 11.4. The lowest BCUT2D eigenvalue weighted by molar-refractivity contribution is 0.102. The molecule has 19 heavy (non-hydrogen) atoms. The predicted molar refractivity (Wildman–Crippen MR) is 76.1 cm³/mol. The van der Waals surface area contributed by atoms with E-state index in [-0.39, 0.29) is 5.91 Å². The van der Waals surface area contributed by atoms with Crippen LogP contribution in [0.15, 0.2) is 67.0 Å². The Morgan fingerprint density at radius 2 is 1.79 bits per heavy atom. The third-order valence-corrected chi connectivity index (χ3v) is 2.96. The van der Waals surface area contributed by atoms with Gasteiger partial charge in [0.25, 0.3) is 5.91 Å². The number of anilines is 1. The summed E-state index contributed by atoms with van der Waals surface area (Å²) in [6, 6.07) is 17.3. The van der Waals surface area contributed by atoms with Gasteiger partial charge in [-0.1, -0.05) is 36.4 Å². The molecule has 0 aliphatic carbocycles. The van der Waals surface area contributed by atoms with Crippen LogP contribution in [0.2, 0.25) is 0 Å². The number of aromatic nitrogens is 1. The first-order valence-electron chi connectivity index (χ1n) is 6.04. The summed E-state index contributed by atoms with van der Waals surface area (Å²) in [7, 11) is 0. The standard InChI is InChI=1S/C16H12N2O/c19-16(13-7-4-10-17-11-13)18-15-9-3-6-12-5-1-2-8-14(12)15/h1-11H,(H,18,19). The normalized spacial score (nSPS) is 10.3. The SMILES string of the molecule is O=C(Nc1cccc2ccccc12)c1cccnc1. The van der Waals surface area contributed by atoms with Crippen LogP contribution in [-0.2, 0) is 0 Å². The van der Waals surface area contributed by atoms with E-state index >= 15 is 0 Å². The summed E-state index contributed by atoms with van der Waals surface area (Å²) in [5, 5.41) is 5.06. The van der Waals surface area contributed by atoms with E-state index < -0.39 is 0 Å². The van der Waals surface area contributed by atoms with Crippen molar-refractivity contribution in [1.82, 2.24) is 4.98 Å². The lowest BCUT2D eigenvalue weighted by Crippen LogP contribution is -2.12. The van der Waals surface area contributed by atoms with Crippen LogP contribution in [0, 0.1) is 0 Å². The van der Waals surface area contributed by atoms with Gasteiger partial charge in [0.2, 0.25) is 0 Å². The monoisotopic (exact) mass is 248 g/mol. The molecule has 0 aliphatic rings. The van der Waals surface area contributed by atoms with Crippen molar-refractivity contribution >= 4 is 22.4 Å². The molecule has 0 bridgehead atoms. The first-order valence-corrected chi connectivity index (χ1v) is 6.04. The number of carbonyl (C=O) groups excluding carboxylic acids is 1. The molecule has 3 heteroatoms. The van der Waals surface area contributed by atoms with Crippen LogP contribution in [-0.4, -0.2) is 10.9 Å². The third kappa shape index (κ3) is 2.31. The van der Waals surface area contributed by atoms with Crippen molar-refractivity contribution in [2.75, 3.05) is 5.32 Å². The van der Waals surface area contributed by atoms with Crippen molar-refractivity contribution in [3.8, 4) is 0 Å². The van der Waals surface area contributed by atoms with E-state index in [4.69, 9.17) is 0 Å². The summed E-state index contributed by atoms with van der Waals surface area (Å²) in [4.78, 5) is 16.1. The third-order valence-electron chi connectivity index (χ3n) is 2.96. The largest absolute Gasteiger partial charge is 0.321 e. The van der Waals surface area contributed by atoms with Gasteiger partial charge in [0.05, 0.1) is 5.56 Å². The van der Waals surface area contributed by atoms with Crippen LogP contribution in [0.1, 0.15) is 10.4 Å². The Balaban J connectivity index is 1.96. The number of amides is 1. The average Bonchev–Trinajstić information content (AvgIpc) is 2.48. The van der Waals surface area contributed by atoms with Crippen molar-refractivity contribution in [1.29, 1.82) is 0 Å². The Labute approximate surface area is 110 Å². The fourth-order valence-electron chi connectivity index (χ4n) is 2.03. The molecule has 0 atom stereocenters. The molecule has 3 rings (SSSR count). The summed E-state index contributed by atoms with van der Waals surface area (Å²) in [5.74, 6) is -0.149. The smallest absolute Gasteiger partial charge is 0.257 e. The molecule has 1 N–H and O–H groups in total. The molecular weight excluding hydrogens is 236 g/mol. The fourth-order valence-corrected chi connectivity index (χ4v) is 2.03. The van der Waals surface area contributed by atoms with Gasteiger partial charge >= 0.3 is 0 Å². The van der Waals surface area contributed by atoms with Crippen LogP contribution in [0.4, 0.5) is 5.69 Å². The van der Waals surface area contributed by atoms with Crippen LogP contribution >= 0.6 is 0 Å². The van der Waals surface area contributed by atoms with E-state index in [1.807, 2.05) is 42.5 Å². The molecule has 3 aromatic rings. The van der Waals surface area contributed by atoms with Crippen LogP contribution in [0.3, 0.4) is 0 Å². The number of fused-ring (bicyclic) bond motifs is 1. The van der Waals surface area contributed by atoms with Gasteiger partial charge in [-0.15, -0.1) is 0 Å². The number of carbonyl (C=O) groups is 1. The molecule has 92 valence electrons. The predicted octanol–water partition coefficient (Wildman–Crippen LogP) is 3.49. The quantitative estimate of drug-likeness (QED) is 0.754. The highest BCUT2D eigenvalue weighted by molar-refractivity contribution is 6.08. The maximum absolute atomic E-state index is 12.1. The van der Waals surface area contributed by atoms with Gasteiger partial charge in [0.15, 0.2) is 0 Å². The lowest BCUT2D eigenvalue weighted by Gasteiger charge is -2.08. The Morgan fingerprint density at radius 3 is 2.63 bits per heavy atom. The highest BCUT2D eigenvalue weighted by Gasteiger charge is 2.07. The molecule has 2 aromatic carbocycles. The minimum Gasteiger partial charge on any atom is -0.321 e. The summed E-state index contributed by atoms with van der Waals surface area (Å²) >= 11 is 0. The zero-order valence-electron chi connectivity index (χ0n) is 10.2. The van der Waals surface area contributed by atoms with Crippen molar-refractivity contribution < 1.29 is 4.79 Å². The molecule has 1 heterocycles. The van der Waals surface area contributed by atoms with Gasteiger partial charge in [-0.25, -0.2) is 0 Å². The molecule has 3 nitrogen and oxygen atoms in total. The van der Waals surface area contributed by atoms with Gasteiger partial charge in [-0.2, -0.15) is 0 Å². The average molecular weight is 248 g/mol. The molecule has 0 saturated heterocycles. The van der Waals surface area contributed by atoms with Crippen LogP contribution in [0.5, 0.6) is 0 Å². The number of nitrogens with one attached hydrogen (secondary N) is 1. The fraction of sp³-hybridized carbons (Fsp3) is 0. The molecule has 1 aromatic heterocycles. The summed E-state index contributed by atoms with van der Waals surface area (Å²) < 4.78 is 0. The van der Waals surface area contributed by atoms with E-state index in [9.17, 15) is 4.79 Å². The zero-order valence-corrected chi connectivity index (χ0v) is 10.2. The molecule has 0 aliphatic heterocycles. The van der Waals surface area contributed by atoms with Crippen molar-refractivity contribution in [3.63, 3.8) is 0 Å². The molecule has 0 saturated carbocycles. The minimum absolute atomic E-state index is 0.149. The zero-order chi connectivity index (χ0) is 13.1. The number of rotatable bonds is 2. The number of nitrogens with zero attached hydrogens (tertiary/aromatic N) is 1. The van der Waals surface area contributed by atoms with Gasteiger partial charge in [0, 0.05) is 23.5 Å². The highest BCUT2D eigenvalue weighted by Crippen LogP contribution is 2.23. The van der Waals surface area contributed by atoms with Gasteiger partial charge in [-0.05, 0) is 23.6 Å². The molecule has 0 fully saturated rings. The summed E-state index contributed by atoms with van der Waals surface area (Å²) in [6.45, 7) is 0. The highest BCUT2D eigenvalue weighted by atomic mass is 16.1. The van der Waals surface area contributed by atoms with E-state index in [2.05, 4.69) is 10.3 Å². The Bertz CT molecular complexity index is 718. The number of hydrogen-bond acceptors (Lipinski definition) is 2. The Morgan fingerprint density at radius 1 is 0.947 bits per heavy atom. The van der Waals surface area contributed by atoms with Crippen molar-refractivity contribution in [2.45, 2.75) is 0 Å². The van der Waals surface area contributed by atoms with E-state index in [0.717, 1.165) is 16.5 Å². The van der Waals surface area contributed by atoms with Crippen LogP contribution < -0.4 is 5.32 Å². The Hall–Kier alpha value is -2.68. The topological polar surface area (TPSA) is 42.0 Å².